The molecule has 1 atom stereocenters. The lowest BCUT2D eigenvalue weighted by Crippen LogP contribution is -2.42. The van der Waals surface area contributed by atoms with Gasteiger partial charge in [0, 0.05) is 24.7 Å². The zero-order valence-electron chi connectivity index (χ0n) is 11.7. The monoisotopic (exact) mass is 373 g/mol. The molecule has 0 aliphatic rings. The van der Waals surface area contributed by atoms with Crippen LogP contribution in [0.5, 0.6) is 0 Å². The van der Waals surface area contributed by atoms with Gasteiger partial charge in [-0.1, -0.05) is 12.2 Å². The molecule has 0 aromatic rings. The summed E-state index contributed by atoms with van der Waals surface area (Å²) < 4.78 is 21.4. The van der Waals surface area contributed by atoms with Gasteiger partial charge in [0.1, 0.15) is 6.04 Å². The van der Waals surface area contributed by atoms with Crippen molar-refractivity contribution < 1.29 is 48.5 Å². The maximum atomic E-state index is 11.1. The van der Waals surface area contributed by atoms with Crippen molar-refractivity contribution in [3.8, 4) is 0 Å². The molecule has 23 heavy (non-hydrogen) atoms. The Kier molecular flexibility index (Phi) is 8.57. The van der Waals surface area contributed by atoms with Gasteiger partial charge in [0.05, 0.1) is 6.42 Å². The highest BCUT2D eigenvalue weighted by atomic mass is 31.2. The van der Waals surface area contributed by atoms with Gasteiger partial charge in [-0.25, -0.2) is 0 Å². The topological polar surface area (TPSA) is 193 Å². The molecule has 13 heteroatoms. The molecule has 0 rings (SSSR count). The van der Waals surface area contributed by atoms with Crippen molar-refractivity contribution in [2.75, 3.05) is 13.1 Å². The summed E-state index contributed by atoms with van der Waals surface area (Å²) in [5, 5.41) is 17.8. The summed E-state index contributed by atoms with van der Waals surface area (Å²) in [5.74, 6) is -1.87. The van der Waals surface area contributed by atoms with Gasteiger partial charge in [0.15, 0.2) is 0 Å². The highest BCUT2D eigenvalue weighted by Gasteiger charge is 2.27. The van der Waals surface area contributed by atoms with Crippen LogP contribution in [0.4, 0.5) is 0 Å². The zero-order chi connectivity index (χ0) is 18.3. The summed E-state index contributed by atoms with van der Waals surface area (Å²) >= 11 is 0. The smallest absolute Gasteiger partial charge is 0.348 e. The van der Waals surface area contributed by atoms with Crippen LogP contribution in [0.15, 0.2) is 23.8 Å². The minimum Gasteiger partial charge on any atom is -0.481 e. The second kappa shape index (κ2) is 9.09. The van der Waals surface area contributed by atoms with E-state index in [1.54, 1.807) is 0 Å². The minimum absolute atomic E-state index is 0.346. The third kappa shape index (κ3) is 11.8. The van der Waals surface area contributed by atoms with E-state index in [0.29, 0.717) is 11.6 Å². The summed E-state index contributed by atoms with van der Waals surface area (Å²) in [5.41, 5.74) is 0. The number of rotatable bonds is 10. The van der Waals surface area contributed by atoms with Crippen LogP contribution in [-0.4, -0.2) is 65.8 Å². The Morgan fingerprint density at radius 2 is 1.30 bits per heavy atom. The summed E-state index contributed by atoms with van der Waals surface area (Å²) in [6.45, 7) is -0.693. The highest BCUT2D eigenvalue weighted by Crippen LogP contribution is 2.36. The summed E-state index contributed by atoms with van der Waals surface area (Å²) in [6, 6.07) is -1.55. The van der Waals surface area contributed by atoms with E-state index in [9.17, 15) is 18.7 Å². The summed E-state index contributed by atoms with van der Waals surface area (Å²) in [4.78, 5) is 57.6. The standard InChI is InChI=1S/C10H17NO10P2/c12-9(13)7-8(10(14)15)11(3-1-5-22(16,17)18)4-2-6-23(19,20)21/h1-2,5-6,8H,3-4,7H2,(H,12,13)(H,14,15)(H2,16,17,18)(H2,19,20,21)/t8-/m0/s1. The van der Waals surface area contributed by atoms with Gasteiger partial charge in [-0.05, 0) is 0 Å². The van der Waals surface area contributed by atoms with Gasteiger partial charge >= 0.3 is 27.1 Å². The Bertz CT molecular complexity index is 540. The number of carboxylic acid groups (broad SMARTS) is 2. The van der Waals surface area contributed by atoms with Crippen LogP contribution in [0.25, 0.3) is 0 Å². The molecule has 0 aliphatic heterocycles. The molecule has 0 radical (unpaired) electrons. The normalized spacial score (nSPS) is 14.7. The van der Waals surface area contributed by atoms with Crippen LogP contribution in [0.3, 0.4) is 0 Å². The lowest BCUT2D eigenvalue weighted by Gasteiger charge is -2.25. The van der Waals surface area contributed by atoms with E-state index in [4.69, 9.17) is 29.8 Å². The van der Waals surface area contributed by atoms with Crippen molar-refractivity contribution in [2.24, 2.45) is 0 Å². The third-order valence-electron chi connectivity index (χ3n) is 2.37. The Morgan fingerprint density at radius 1 is 0.913 bits per heavy atom. The average Bonchev–Trinajstić information content (AvgIpc) is 2.30. The maximum absolute atomic E-state index is 11.1. The van der Waals surface area contributed by atoms with Crippen LogP contribution >= 0.6 is 15.2 Å². The van der Waals surface area contributed by atoms with E-state index >= 15 is 0 Å². The number of hydrogen-bond donors (Lipinski definition) is 6. The molecule has 0 amide bonds. The number of carbonyl (C=O) groups is 2. The van der Waals surface area contributed by atoms with Crippen LogP contribution in [0, 0.1) is 0 Å². The quantitative estimate of drug-likeness (QED) is 0.273. The summed E-state index contributed by atoms with van der Waals surface area (Å²) in [7, 11) is -8.94. The Labute approximate surface area is 130 Å². The van der Waals surface area contributed by atoms with Crippen molar-refractivity contribution in [2.45, 2.75) is 12.5 Å². The zero-order valence-corrected chi connectivity index (χ0v) is 13.5. The van der Waals surface area contributed by atoms with Crippen LogP contribution in [-0.2, 0) is 18.7 Å². The molecule has 0 aromatic carbocycles. The SMILES string of the molecule is O=C(O)C[C@@H](C(=O)O)N(CC=CP(=O)(O)O)CC=CP(=O)(O)O. The van der Waals surface area contributed by atoms with Gasteiger partial charge in [-0.2, -0.15) is 0 Å². The Hall–Kier alpha value is -1.32. The van der Waals surface area contributed by atoms with E-state index < -0.39 is 39.6 Å². The number of nitrogens with zero attached hydrogens (tertiary/aromatic N) is 1. The molecule has 6 N–H and O–H groups in total. The van der Waals surface area contributed by atoms with Crippen molar-refractivity contribution in [3.63, 3.8) is 0 Å². The average molecular weight is 373 g/mol. The fourth-order valence-corrected chi connectivity index (χ4v) is 2.24. The van der Waals surface area contributed by atoms with E-state index in [1.807, 2.05) is 0 Å². The number of aliphatic carboxylic acids is 2. The number of carboxylic acids is 2. The minimum atomic E-state index is -4.47. The molecule has 0 heterocycles. The molecule has 0 aromatic heterocycles. The first-order chi connectivity index (χ1) is 10.3. The molecule has 0 unspecified atom stereocenters. The molecule has 0 saturated heterocycles. The highest BCUT2D eigenvalue weighted by molar-refractivity contribution is 7.55. The third-order valence-corrected chi connectivity index (χ3v) is 3.57. The Morgan fingerprint density at radius 3 is 1.57 bits per heavy atom. The van der Waals surface area contributed by atoms with Crippen molar-refractivity contribution in [1.29, 1.82) is 0 Å². The lowest BCUT2D eigenvalue weighted by atomic mass is 10.1. The molecule has 0 aliphatic carbocycles. The fourth-order valence-electron chi connectivity index (χ4n) is 1.51. The van der Waals surface area contributed by atoms with Gasteiger partial charge in [0.25, 0.3) is 0 Å². The maximum Gasteiger partial charge on any atom is 0.348 e. The van der Waals surface area contributed by atoms with Gasteiger partial charge in [0.2, 0.25) is 0 Å². The largest absolute Gasteiger partial charge is 0.481 e. The first-order valence-corrected chi connectivity index (χ1v) is 9.32. The molecule has 0 bridgehead atoms. The van der Waals surface area contributed by atoms with E-state index in [2.05, 4.69) is 0 Å². The van der Waals surface area contributed by atoms with Gasteiger partial charge < -0.3 is 29.8 Å². The van der Waals surface area contributed by atoms with Crippen molar-refractivity contribution in [3.05, 3.63) is 23.8 Å². The molecule has 0 spiro atoms. The van der Waals surface area contributed by atoms with E-state index in [1.165, 1.54) is 0 Å². The summed E-state index contributed by atoms with van der Waals surface area (Å²) in [6.07, 6.45) is 1.09. The predicted molar refractivity (Wildman–Crippen MR) is 77.6 cm³/mol. The lowest BCUT2D eigenvalue weighted by molar-refractivity contribution is -0.149. The van der Waals surface area contributed by atoms with Crippen LogP contribution in [0.2, 0.25) is 0 Å². The first-order valence-electron chi connectivity index (χ1n) is 5.96. The van der Waals surface area contributed by atoms with Crippen molar-refractivity contribution >= 4 is 27.1 Å². The second-order valence-corrected chi connectivity index (χ2v) is 7.31. The predicted octanol–water partition coefficient (Wildman–Crippen LogP) is -0.401. The van der Waals surface area contributed by atoms with Gasteiger partial charge in [-0.3, -0.25) is 23.6 Å². The molecule has 0 saturated carbocycles. The molecule has 11 nitrogen and oxygen atoms in total. The fraction of sp³-hybridized carbons (Fsp3) is 0.400. The van der Waals surface area contributed by atoms with Crippen LogP contribution < -0.4 is 0 Å². The second-order valence-electron chi connectivity index (χ2n) is 4.35. The molecular weight excluding hydrogens is 356 g/mol. The van der Waals surface area contributed by atoms with Crippen LogP contribution in [0.1, 0.15) is 6.42 Å². The van der Waals surface area contributed by atoms with E-state index in [-0.39, 0.29) is 13.1 Å². The molecule has 132 valence electrons. The van der Waals surface area contributed by atoms with Gasteiger partial charge in [-0.15, -0.1) is 0 Å². The molecular formula is C10H17NO10P2. The number of hydrogen-bond acceptors (Lipinski definition) is 5. The molecule has 0 fully saturated rings. The van der Waals surface area contributed by atoms with Crippen molar-refractivity contribution in [1.82, 2.24) is 4.90 Å². The van der Waals surface area contributed by atoms with E-state index in [0.717, 1.165) is 17.1 Å². The Balaban J connectivity index is 5.24. The first kappa shape index (κ1) is 21.7.